The van der Waals surface area contributed by atoms with Crippen molar-refractivity contribution in [2.75, 3.05) is 25.0 Å². The van der Waals surface area contributed by atoms with Gasteiger partial charge in [-0.15, -0.1) is 23.2 Å². The zero-order chi connectivity index (χ0) is 10.4. The summed E-state index contributed by atoms with van der Waals surface area (Å²) in [5, 5.41) is 0. The fourth-order valence-corrected chi connectivity index (χ4v) is 2.59. The van der Waals surface area contributed by atoms with Crippen LogP contribution in [0.3, 0.4) is 0 Å². The quantitative estimate of drug-likeness (QED) is 0.559. The van der Waals surface area contributed by atoms with Crippen LogP contribution in [-0.4, -0.2) is 41.1 Å². The summed E-state index contributed by atoms with van der Waals surface area (Å²) in [5.41, 5.74) is 0. The predicted octanol–water partition coefficient (Wildman–Crippen LogP) is 2.83. The Kier molecular flexibility index (Phi) is 7.12. The Morgan fingerprint density at radius 2 is 1.93 bits per heavy atom. The third-order valence-corrected chi connectivity index (χ3v) is 4.64. The van der Waals surface area contributed by atoms with Crippen LogP contribution in [0.15, 0.2) is 0 Å². The molecule has 2 nitrogen and oxygen atoms in total. The highest BCUT2D eigenvalue weighted by molar-refractivity contribution is 14.1. The van der Waals surface area contributed by atoms with Gasteiger partial charge in [0.15, 0.2) is 0 Å². The molecule has 1 aliphatic heterocycles. The van der Waals surface area contributed by atoms with Crippen LogP contribution in [0.2, 0.25) is 0 Å². The Balaban J connectivity index is 2.30. The second-order valence-electron chi connectivity index (χ2n) is 3.31. The molecular formula is C9H15Cl2IO2. The number of hydrogen-bond donors (Lipinski definition) is 0. The molecule has 0 spiro atoms. The number of rotatable bonds is 5. The first kappa shape index (κ1) is 13.3. The minimum atomic E-state index is 0.0675. The molecule has 0 amide bonds. The molecule has 0 bridgehead atoms. The Morgan fingerprint density at radius 3 is 2.43 bits per heavy atom. The van der Waals surface area contributed by atoms with Crippen molar-refractivity contribution < 1.29 is 9.47 Å². The highest BCUT2D eigenvalue weighted by Crippen LogP contribution is 2.19. The van der Waals surface area contributed by atoms with Gasteiger partial charge in [-0.3, -0.25) is 0 Å². The van der Waals surface area contributed by atoms with E-state index in [-0.39, 0.29) is 10.0 Å². The van der Waals surface area contributed by atoms with Gasteiger partial charge in [0.2, 0.25) is 0 Å². The third kappa shape index (κ3) is 4.39. The Hall–Kier alpha value is 1.23. The summed E-state index contributed by atoms with van der Waals surface area (Å²) in [7, 11) is 0. The van der Waals surface area contributed by atoms with Crippen molar-refractivity contribution in [3.8, 4) is 0 Å². The van der Waals surface area contributed by atoms with Crippen molar-refractivity contribution in [2.45, 2.75) is 29.0 Å². The lowest BCUT2D eigenvalue weighted by atomic mass is 10.1. The lowest BCUT2D eigenvalue weighted by Crippen LogP contribution is -2.34. The van der Waals surface area contributed by atoms with Crippen LogP contribution in [0, 0.1) is 0 Å². The van der Waals surface area contributed by atoms with E-state index in [4.69, 9.17) is 32.7 Å². The summed E-state index contributed by atoms with van der Waals surface area (Å²) in [6.07, 6.45) is 2.31. The number of halogens is 3. The SMILES string of the molecule is ClCC(I)C(CCl)OC1CCOCC1. The molecule has 5 heteroatoms. The van der Waals surface area contributed by atoms with Gasteiger partial charge in [0.25, 0.3) is 0 Å². The lowest BCUT2D eigenvalue weighted by molar-refractivity contribution is -0.0586. The van der Waals surface area contributed by atoms with Crippen molar-refractivity contribution in [1.82, 2.24) is 0 Å². The van der Waals surface area contributed by atoms with Gasteiger partial charge in [0.1, 0.15) is 0 Å². The van der Waals surface area contributed by atoms with Gasteiger partial charge >= 0.3 is 0 Å². The summed E-state index contributed by atoms with van der Waals surface area (Å²) < 4.78 is 11.4. The van der Waals surface area contributed by atoms with Gasteiger partial charge in [0, 0.05) is 25.0 Å². The number of hydrogen-bond acceptors (Lipinski definition) is 2. The molecule has 1 aliphatic rings. The van der Waals surface area contributed by atoms with Crippen LogP contribution in [0.25, 0.3) is 0 Å². The van der Waals surface area contributed by atoms with Gasteiger partial charge in [0.05, 0.1) is 16.1 Å². The Morgan fingerprint density at radius 1 is 1.29 bits per heavy atom. The molecule has 2 atom stereocenters. The van der Waals surface area contributed by atoms with Crippen LogP contribution < -0.4 is 0 Å². The highest BCUT2D eigenvalue weighted by Gasteiger charge is 2.23. The molecule has 0 N–H and O–H groups in total. The topological polar surface area (TPSA) is 18.5 Å². The summed E-state index contributed by atoms with van der Waals surface area (Å²) >= 11 is 13.9. The summed E-state index contributed by atoms with van der Waals surface area (Å²) in [5.74, 6) is 1.10. The highest BCUT2D eigenvalue weighted by atomic mass is 127. The molecule has 0 aromatic carbocycles. The second-order valence-corrected chi connectivity index (χ2v) is 5.53. The van der Waals surface area contributed by atoms with E-state index in [0.717, 1.165) is 26.1 Å². The van der Waals surface area contributed by atoms with E-state index in [1.807, 2.05) is 0 Å². The summed E-state index contributed by atoms with van der Waals surface area (Å²) in [6, 6.07) is 0. The van der Waals surface area contributed by atoms with Crippen LogP contribution >= 0.6 is 45.8 Å². The molecule has 2 unspecified atom stereocenters. The van der Waals surface area contributed by atoms with E-state index < -0.39 is 0 Å². The third-order valence-electron chi connectivity index (χ3n) is 2.24. The van der Waals surface area contributed by atoms with Gasteiger partial charge in [-0.2, -0.15) is 0 Å². The van der Waals surface area contributed by atoms with E-state index >= 15 is 0 Å². The predicted molar refractivity (Wildman–Crippen MR) is 68.0 cm³/mol. The molecular weight excluding hydrogens is 338 g/mol. The number of alkyl halides is 3. The van der Waals surface area contributed by atoms with Crippen LogP contribution in [0.4, 0.5) is 0 Å². The number of ether oxygens (including phenoxy) is 2. The molecule has 1 saturated heterocycles. The summed E-state index contributed by atoms with van der Waals surface area (Å²) in [4.78, 5) is 0. The molecule has 0 radical (unpaired) electrons. The molecule has 14 heavy (non-hydrogen) atoms. The van der Waals surface area contributed by atoms with E-state index in [9.17, 15) is 0 Å². The van der Waals surface area contributed by atoms with Gasteiger partial charge in [-0.1, -0.05) is 22.6 Å². The second kappa shape index (κ2) is 7.49. The average Bonchev–Trinajstić information content (AvgIpc) is 2.26. The average molecular weight is 353 g/mol. The first-order valence-electron chi connectivity index (χ1n) is 4.77. The van der Waals surface area contributed by atoms with E-state index in [1.165, 1.54) is 0 Å². The standard InChI is InChI=1S/C9H15Cl2IO2/c10-5-8(12)9(6-11)14-7-1-3-13-4-2-7/h7-9H,1-6H2. The molecule has 1 fully saturated rings. The Bertz CT molecular complexity index is 154. The van der Waals surface area contributed by atoms with Crippen LogP contribution in [-0.2, 0) is 9.47 Å². The fourth-order valence-electron chi connectivity index (χ4n) is 1.38. The maximum atomic E-state index is 5.89. The normalized spacial score (nSPS) is 23.4. The summed E-state index contributed by atoms with van der Waals surface area (Å²) in [6.45, 7) is 1.60. The maximum Gasteiger partial charge on any atom is 0.0843 e. The van der Waals surface area contributed by atoms with Crippen molar-refractivity contribution in [1.29, 1.82) is 0 Å². The van der Waals surface area contributed by atoms with Crippen LogP contribution in [0.5, 0.6) is 0 Å². The van der Waals surface area contributed by atoms with Gasteiger partial charge in [-0.05, 0) is 12.8 Å². The monoisotopic (exact) mass is 352 g/mol. The smallest absolute Gasteiger partial charge is 0.0843 e. The van der Waals surface area contributed by atoms with Crippen molar-refractivity contribution in [3.05, 3.63) is 0 Å². The lowest BCUT2D eigenvalue weighted by Gasteiger charge is -2.28. The van der Waals surface area contributed by atoms with E-state index in [1.54, 1.807) is 0 Å². The fraction of sp³-hybridized carbons (Fsp3) is 1.00. The Labute approximate surface area is 109 Å². The minimum absolute atomic E-state index is 0.0675. The molecule has 0 aromatic heterocycles. The maximum absolute atomic E-state index is 5.89. The first-order valence-corrected chi connectivity index (χ1v) is 7.08. The molecule has 0 saturated carbocycles. The molecule has 0 aliphatic carbocycles. The van der Waals surface area contributed by atoms with Crippen LogP contribution in [0.1, 0.15) is 12.8 Å². The zero-order valence-electron chi connectivity index (χ0n) is 7.93. The van der Waals surface area contributed by atoms with Gasteiger partial charge < -0.3 is 9.47 Å². The van der Waals surface area contributed by atoms with E-state index in [2.05, 4.69) is 22.6 Å². The molecule has 1 rings (SSSR count). The molecule has 84 valence electrons. The van der Waals surface area contributed by atoms with Crippen molar-refractivity contribution in [2.24, 2.45) is 0 Å². The van der Waals surface area contributed by atoms with Gasteiger partial charge in [-0.25, -0.2) is 0 Å². The zero-order valence-corrected chi connectivity index (χ0v) is 11.6. The van der Waals surface area contributed by atoms with Crippen molar-refractivity contribution >= 4 is 45.8 Å². The molecule has 0 aromatic rings. The minimum Gasteiger partial charge on any atom is -0.381 e. The van der Waals surface area contributed by atoms with Crippen molar-refractivity contribution in [3.63, 3.8) is 0 Å². The molecule has 1 heterocycles. The first-order chi connectivity index (χ1) is 6.77. The van der Waals surface area contributed by atoms with E-state index in [0.29, 0.717) is 17.9 Å². The largest absolute Gasteiger partial charge is 0.381 e.